The molecule has 7 unspecified atom stereocenters. The van der Waals surface area contributed by atoms with Crippen molar-refractivity contribution in [3.8, 4) is 0 Å². The van der Waals surface area contributed by atoms with Crippen LogP contribution in [0.5, 0.6) is 0 Å². The first-order valence-electron chi connectivity index (χ1n) is 33.1. The van der Waals surface area contributed by atoms with Gasteiger partial charge in [-0.05, 0) is 96.3 Å². The quantitative estimate of drug-likeness (QED) is 0.0261. The van der Waals surface area contributed by atoms with Crippen LogP contribution >= 0.6 is 0 Å². The number of hydrogen-bond acceptors (Lipinski definition) is 8. The average Bonchev–Trinajstić information content (AvgIpc) is 3.46. The van der Waals surface area contributed by atoms with Crippen LogP contribution in [-0.4, -0.2) is 87.5 Å². The van der Waals surface area contributed by atoms with Crippen LogP contribution in [0.25, 0.3) is 0 Å². The first-order valence-corrected chi connectivity index (χ1v) is 33.1. The number of amides is 1. The van der Waals surface area contributed by atoms with E-state index >= 15 is 0 Å². The number of allylic oxidation sites excluding steroid dienone is 17. The van der Waals surface area contributed by atoms with E-state index in [0.717, 1.165) is 89.9 Å². The molecule has 0 aliphatic carbocycles. The Kier molecular flexibility index (Phi) is 55.2. The van der Waals surface area contributed by atoms with E-state index in [-0.39, 0.29) is 12.5 Å². The fraction of sp³-hybridized carbons (Fsp3) is 0.732. The fourth-order valence-corrected chi connectivity index (χ4v) is 9.90. The van der Waals surface area contributed by atoms with E-state index < -0.39 is 49.5 Å². The maximum atomic E-state index is 13.1. The number of carbonyl (C=O) groups excluding carboxylic acids is 1. The summed E-state index contributed by atoms with van der Waals surface area (Å²) in [6.45, 7) is 3.64. The Morgan fingerprint density at radius 3 is 1.20 bits per heavy atom. The van der Waals surface area contributed by atoms with Gasteiger partial charge in [-0.25, -0.2) is 0 Å². The largest absolute Gasteiger partial charge is 0.394 e. The molecule has 0 aromatic carbocycles. The average molecular weight is 1120 g/mol. The lowest BCUT2D eigenvalue weighted by atomic mass is 9.99. The van der Waals surface area contributed by atoms with Gasteiger partial charge in [-0.3, -0.25) is 4.79 Å². The van der Waals surface area contributed by atoms with E-state index in [4.69, 9.17) is 9.47 Å². The number of unbranched alkanes of at least 4 members (excludes halogenated alkanes) is 30. The standard InChI is InChI=1S/C71H123NO8/c1-3-5-7-9-11-13-15-17-19-21-22-23-24-25-26-27-28-29-30-31-32-33-34-35-36-37-38-39-40-41-42-43-44-45-47-49-51-53-55-57-59-61-67(75)72-64(63-79-71-70(78)69(77)68(76)66(62-73)80-71)65(74)60-58-56-54-52-50-48-46-20-18-16-14-12-10-8-6-4-2/h5,7,11,13,17-20,22-23,25-26,28-29,50,52,58,60,64-66,68-71,73-74,76-78H,3-4,6,8-10,12,14-16,21,24,27,30-49,51,53-57,59,61-63H2,1-2H3,(H,72,75)/b7-5-,13-11-,19-17-,20-18+,23-22-,26-25-,29-28-,52-50+,60-58+. The zero-order chi connectivity index (χ0) is 57.9. The second kappa shape index (κ2) is 59.0. The molecule has 1 amide bonds. The van der Waals surface area contributed by atoms with Crippen LogP contribution < -0.4 is 5.32 Å². The van der Waals surface area contributed by atoms with Crippen molar-refractivity contribution >= 4 is 5.91 Å². The summed E-state index contributed by atoms with van der Waals surface area (Å²) < 4.78 is 11.3. The van der Waals surface area contributed by atoms with Gasteiger partial charge in [-0.2, -0.15) is 0 Å². The van der Waals surface area contributed by atoms with Crippen molar-refractivity contribution in [2.45, 2.75) is 320 Å². The summed E-state index contributed by atoms with van der Waals surface area (Å²) in [5.41, 5.74) is 0. The molecule has 0 aromatic rings. The molecule has 0 bridgehead atoms. The molecule has 0 spiro atoms. The highest BCUT2D eigenvalue weighted by Crippen LogP contribution is 2.23. The lowest BCUT2D eigenvalue weighted by molar-refractivity contribution is -0.302. The Morgan fingerprint density at radius 2 is 0.787 bits per heavy atom. The van der Waals surface area contributed by atoms with Crippen molar-refractivity contribution in [1.82, 2.24) is 5.32 Å². The van der Waals surface area contributed by atoms with E-state index in [1.165, 1.54) is 167 Å². The molecule has 460 valence electrons. The van der Waals surface area contributed by atoms with Crippen molar-refractivity contribution in [3.05, 3.63) is 109 Å². The van der Waals surface area contributed by atoms with Gasteiger partial charge in [0, 0.05) is 6.42 Å². The lowest BCUT2D eigenvalue weighted by Crippen LogP contribution is -2.60. The van der Waals surface area contributed by atoms with Gasteiger partial charge in [0.05, 0.1) is 25.4 Å². The maximum Gasteiger partial charge on any atom is 0.220 e. The minimum absolute atomic E-state index is 0.190. The number of carbonyl (C=O) groups is 1. The third kappa shape index (κ3) is 47.4. The topological polar surface area (TPSA) is 149 Å². The molecular weight excluding hydrogens is 995 g/mol. The molecule has 9 heteroatoms. The number of nitrogens with one attached hydrogen (secondary N) is 1. The number of ether oxygens (including phenoxy) is 2. The minimum atomic E-state index is -1.58. The molecule has 0 saturated carbocycles. The first-order chi connectivity index (χ1) is 39.3. The van der Waals surface area contributed by atoms with Crippen LogP contribution in [0.1, 0.15) is 277 Å². The van der Waals surface area contributed by atoms with Crippen molar-refractivity contribution in [2.75, 3.05) is 13.2 Å². The number of aliphatic hydroxyl groups is 5. The molecule has 80 heavy (non-hydrogen) atoms. The minimum Gasteiger partial charge on any atom is -0.394 e. The molecular formula is C71H123NO8. The van der Waals surface area contributed by atoms with E-state index in [1.54, 1.807) is 6.08 Å². The molecule has 9 nitrogen and oxygen atoms in total. The first kappa shape index (κ1) is 74.9. The van der Waals surface area contributed by atoms with Crippen LogP contribution in [-0.2, 0) is 14.3 Å². The summed E-state index contributed by atoms with van der Waals surface area (Å²) in [7, 11) is 0. The monoisotopic (exact) mass is 1120 g/mol. The van der Waals surface area contributed by atoms with E-state index in [9.17, 15) is 30.3 Å². The highest BCUT2D eigenvalue weighted by atomic mass is 16.7. The summed E-state index contributed by atoms with van der Waals surface area (Å²) in [4.78, 5) is 13.1. The van der Waals surface area contributed by atoms with Crippen molar-refractivity contribution < 1.29 is 39.8 Å². The number of aliphatic hydroxyl groups excluding tert-OH is 5. The molecule has 0 aromatic heterocycles. The molecule has 1 aliphatic rings. The Bertz CT molecular complexity index is 1630. The Labute approximate surface area is 491 Å². The van der Waals surface area contributed by atoms with Crippen LogP contribution in [0.3, 0.4) is 0 Å². The summed E-state index contributed by atoms with van der Waals surface area (Å²) >= 11 is 0. The second-order valence-corrected chi connectivity index (χ2v) is 22.5. The molecule has 0 radical (unpaired) electrons. The SMILES string of the molecule is CC/C=C\C/C=C\C/C=C\C/C=C\C/C=C\C/C=C\CCCCCCCCCCCCCCCCCCCCCCCCC(=O)NC(COC1OC(CO)C(O)C(O)C1O)C(O)/C=C/CC/C=C/CC/C=C/CCCCCCCC. The number of rotatable bonds is 56. The molecule has 1 fully saturated rings. The fourth-order valence-electron chi connectivity index (χ4n) is 9.90. The van der Waals surface area contributed by atoms with Crippen LogP contribution in [0.15, 0.2) is 109 Å². The Hall–Kier alpha value is -3.15. The van der Waals surface area contributed by atoms with E-state index in [1.807, 2.05) is 6.08 Å². The molecule has 1 saturated heterocycles. The summed E-state index contributed by atoms with van der Waals surface area (Å²) in [6.07, 6.45) is 80.5. The van der Waals surface area contributed by atoms with Crippen LogP contribution in [0, 0.1) is 0 Å². The van der Waals surface area contributed by atoms with Crippen molar-refractivity contribution in [2.24, 2.45) is 0 Å². The third-order valence-corrected chi connectivity index (χ3v) is 15.1. The normalized spacial score (nSPS) is 19.2. The van der Waals surface area contributed by atoms with Gasteiger partial charge < -0.3 is 40.3 Å². The zero-order valence-corrected chi connectivity index (χ0v) is 51.3. The molecule has 1 rings (SSSR count). The van der Waals surface area contributed by atoms with Gasteiger partial charge in [0.25, 0.3) is 0 Å². The van der Waals surface area contributed by atoms with Gasteiger partial charge in [0.1, 0.15) is 24.4 Å². The van der Waals surface area contributed by atoms with Gasteiger partial charge in [0.15, 0.2) is 6.29 Å². The second-order valence-electron chi connectivity index (χ2n) is 22.5. The van der Waals surface area contributed by atoms with E-state index in [2.05, 4.69) is 116 Å². The molecule has 1 heterocycles. The predicted octanol–water partition coefficient (Wildman–Crippen LogP) is 17.7. The third-order valence-electron chi connectivity index (χ3n) is 15.1. The predicted molar refractivity (Wildman–Crippen MR) is 341 cm³/mol. The van der Waals surface area contributed by atoms with E-state index in [0.29, 0.717) is 6.42 Å². The summed E-state index contributed by atoms with van der Waals surface area (Å²) in [5, 5.41) is 54.5. The zero-order valence-electron chi connectivity index (χ0n) is 51.3. The molecule has 1 aliphatic heterocycles. The van der Waals surface area contributed by atoms with Crippen molar-refractivity contribution in [3.63, 3.8) is 0 Å². The van der Waals surface area contributed by atoms with Gasteiger partial charge in [-0.15, -0.1) is 0 Å². The van der Waals surface area contributed by atoms with Gasteiger partial charge in [-0.1, -0.05) is 284 Å². The maximum absolute atomic E-state index is 13.1. The van der Waals surface area contributed by atoms with Crippen molar-refractivity contribution in [1.29, 1.82) is 0 Å². The Morgan fingerprint density at radius 1 is 0.438 bits per heavy atom. The summed E-state index contributed by atoms with van der Waals surface area (Å²) in [6, 6.07) is -0.831. The van der Waals surface area contributed by atoms with Gasteiger partial charge in [0.2, 0.25) is 5.91 Å². The highest BCUT2D eigenvalue weighted by molar-refractivity contribution is 5.76. The smallest absolute Gasteiger partial charge is 0.220 e. The van der Waals surface area contributed by atoms with Crippen LogP contribution in [0.2, 0.25) is 0 Å². The Balaban J connectivity index is 2.07. The summed E-state index contributed by atoms with van der Waals surface area (Å²) in [5.74, 6) is -0.190. The van der Waals surface area contributed by atoms with Gasteiger partial charge >= 0.3 is 0 Å². The lowest BCUT2D eigenvalue weighted by Gasteiger charge is -2.40. The van der Waals surface area contributed by atoms with Crippen LogP contribution in [0.4, 0.5) is 0 Å². The molecule has 7 atom stereocenters. The number of hydrogen-bond donors (Lipinski definition) is 6. The highest BCUT2D eigenvalue weighted by Gasteiger charge is 2.44. The molecule has 6 N–H and O–H groups in total.